The summed E-state index contributed by atoms with van der Waals surface area (Å²) in [5.74, 6) is 0. The first-order valence-corrected chi connectivity index (χ1v) is 9.07. The van der Waals surface area contributed by atoms with Crippen LogP contribution in [0.15, 0.2) is 16.7 Å². The molecule has 74 valence electrons. The molecule has 0 saturated heterocycles. The molecule has 0 N–H and O–H groups in total. The van der Waals surface area contributed by atoms with Crippen molar-refractivity contribution in [3.8, 4) is 0 Å². The second-order valence-electron chi connectivity index (χ2n) is 2.90. The molecule has 1 atom stereocenters. The van der Waals surface area contributed by atoms with Gasteiger partial charge in [0.25, 0.3) is 0 Å². The van der Waals surface area contributed by atoms with Gasteiger partial charge in [0.05, 0.1) is 23.1 Å². The van der Waals surface area contributed by atoms with Gasteiger partial charge in [-0.3, -0.25) is 0 Å². The molecule has 0 bridgehead atoms. The van der Waals surface area contributed by atoms with Crippen LogP contribution in [0.3, 0.4) is 0 Å². The summed E-state index contributed by atoms with van der Waals surface area (Å²) in [7, 11) is 0. The Hall–Kier alpha value is 0.620. The number of nitrogens with zero attached hydrogens (tertiary/aromatic N) is 2. The van der Waals surface area contributed by atoms with Crippen molar-refractivity contribution in [3.63, 3.8) is 0 Å². The van der Waals surface area contributed by atoms with Gasteiger partial charge in [-0.05, 0) is 56.5 Å². The average molecular weight is 403 g/mol. The highest BCUT2D eigenvalue weighted by Crippen LogP contribution is 2.37. The summed E-state index contributed by atoms with van der Waals surface area (Å²) in [6.07, 6.45) is 2.45. The molecule has 0 amide bonds. The van der Waals surface area contributed by atoms with Crippen LogP contribution in [-0.4, -0.2) is 9.55 Å². The third-order valence-corrected chi connectivity index (χ3v) is 5.44. The monoisotopic (exact) mass is 402 g/mol. The number of aryl methyl sites for hydroxylation is 1. The summed E-state index contributed by atoms with van der Waals surface area (Å²) in [5.41, 5.74) is 2.20. The molecule has 1 heterocycles. The minimum atomic E-state index is 0.609. The standard InChI is InChI=1S/C8H6BrClIN2P/c1-4-2-6-5(7(9)8(4)10)3-12-13(6)14-11/h2-3,14H,1H3. The second kappa shape index (κ2) is 4.24. The smallest absolute Gasteiger partial charge is 0.0744 e. The molecule has 1 unspecified atom stereocenters. The maximum absolute atomic E-state index is 6.13. The van der Waals surface area contributed by atoms with E-state index in [4.69, 9.17) is 11.6 Å². The lowest BCUT2D eigenvalue weighted by atomic mass is 10.2. The van der Waals surface area contributed by atoms with Crippen LogP contribution in [0.25, 0.3) is 10.9 Å². The minimum absolute atomic E-state index is 0.609. The minimum Gasteiger partial charge on any atom is -0.237 e. The van der Waals surface area contributed by atoms with E-state index in [1.807, 2.05) is 17.6 Å². The Labute approximate surface area is 110 Å². The van der Waals surface area contributed by atoms with Crippen LogP contribution in [0, 0.1) is 6.92 Å². The third kappa shape index (κ3) is 1.70. The van der Waals surface area contributed by atoms with Crippen LogP contribution in [-0.2, 0) is 0 Å². The molecule has 1 aromatic carbocycles. The molecular weight excluding hydrogens is 397 g/mol. The predicted octanol–water partition coefficient (Wildman–Crippen LogP) is 4.55. The van der Waals surface area contributed by atoms with E-state index in [9.17, 15) is 0 Å². The van der Waals surface area contributed by atoms with Crippen molar-refractivity contribution in [2.75, 3.05) is 0 Å². The highest BCUT2D eigenvalue weighted by atomic mass is 127. The first-order chi connectivity index (χ1) is 6.65. The molecule has 0 saturated carbocycles. The van der Waals surface area contributed by atoms with Crippen LogP contribution >= 0.6 is 55.9 Å². The van der Waals surface area contributed by atoms with Gasteiger partial charge in [0.1, 0.15) is 0 Å². The predicted molar refractivity (Wildman–Crippen MR) is 74.9 cm³/mol. The van der Waals surface area contributed by atoms with Gasteiger partial charge < -0.3 is 0 Å². The van der Waals surface area contributed by atoms with E-state index in [0.29, 0.717) is 6.37 Å². The number of hydrogen-bond donors (Lipinski definition) is 0. The van der Waals surface area contributed by atoms with Crippen molar-refractivity contribution in [2.24, 2.45) is 0 Å². The van der Waals surface area contributed by atoms with E-state index in [0.717, 1.165) is 26.0 Å². The molecule has 2 aromatic rings. The van der Waals surface area contributed by atoms with Crippen LogP contribution in [0.2, 0.25) is 5.02 Å². The van der Waals surface area contributed by atoms with Crippen molar-refractivity contribution in [3.05, 3.63) is 27.3 Å². The first-order valence-electron chi connectivity index (χ1n) is 3.84. The zero-order valence-electron chi connectivity index (χ0n) is 7.18. The van der Waals surface area contributed by atoms with E-state index >= 15 is 0 Å². The molecule has 0 aliphatic heterocycles. The summed E-state index contributed by atoms with van der Waals surface area (Å²) in [5, 5.41) is 6.14. The highest BCUT2D eigenvalue weighted by molar-refractivity contribution is 14.2. The summed E-state index contributed by atoms with van der Waals surface area (Å²) < 4.78 is 2.92. The number of hydrogen-bond acceptors (Lipinski definition) is 1. The van der Waals surface area contributed by atoms with Crippen LogP contribution in [0.5, 0.6) is 0 Å². The van der Waals surface area contributed by atoms with Crippen molar-refractivity contribution in [2.45, 2.75) is 6.92 Å². The van der Waals surface area contributed by atoms with E-state index in [1.54, 1.807) is 0 Å². The van der Waals surface area contributed by atoms with Gasteiger partial charge in [0, 0.05) is 9.86 Å². The summed E-state index contributed by atoms with van der Waals surface area (Å²) in [4.78, 5) is 0. The van der Waals surface area contributed by atoms with E-state index in [1.165, 1.54) is 0 Å². The Morgan fingerprint density at radius 2 is 2.36 bits per heavy atom. The molecule has 1 aromatic heterocycles. The SMILES string of the molecule is Cc1cc2c(cnn2PI)c(Br)c1Cl. The number of fused-ring (bicyclic) bond motifs is 1. The zero-order chi connectivity index (χ0) is 10.3. The maximum Gasteiger partial charge on any atom is 0.0744 e. The Morgan fingerprint density at radius 1 is 1.64 bits per heavy atom. The van der Waals surface area contributed by atoms with Crippen molar-refractivity contribution in [1.82, 2.24) is 9.55 Å². The fourth-order valence-corrected chi connectivity index (χ4v) is 3.60. The molecule has 0 aliphatic rings. The molecule has 2 nitrogen and oxygen atoms in total. The largest absolute Gasteiger partial charge is 0.237 e. The summed E-state index contributed by atoms with van der Waals surface area (Å²) >= 11 is 11.9. The van der Waals surface area contributed by atoms with Gasteiger partial charge in [-0.15, -0.1) is 0 Å². The van der Waals surface area contributed by atoms with Gasteiger partial charge in [-0.1, -0.05) is 11.6 Å². The van der Waals surface area contributed by atoms with Crippen LogP contribution in [0.4, 0.5) is 0 Å². The van der Waals surface area contributed by atoms with Gasteiger partial charge >= 0.3 is 0 Å². The van der Waals surface area contributed by atoms with Crippen molar-refractivity contribution < 1.29 is 0 Å². The Bertz CT molecular complexity index is 500. The highest BCUT2D eigenvalue weighted by Gasteiger charge is 2.10. The van der Waals surface area contributed by atoms with Gasteiger partial charge in [-0.25, -0.2) is 4.45 Å². The first kappa shape index (κ1) is 11.1. The normalized spacial score (nSPS) is 12.0. The van der Waals surface area contributed by atoms with Crippen molar-refractivity contribution >= 4 is 66.8 Å². The topological polar surface area (TPSA) is 17.8 Å². The van der Waals surface area contributed by atoms with E-state index in [-0.39, 0.29) is 0 Å². The number of rotatable bonds is 1. The van der Waals surface area contributed by atoms with Crippen LogP contribution in [0.1, 0.15) is 5.56 Å². The molecule has 0 radical (unpaired) electrons. The molecule has 0 fully saturated rings. The second-order valence-corrected chi connectivity index (χ2v) is 6.11. The molecule has 6 heteroatoms. The molecule has 2 rings (SSSR count). The maximum atomic E-state index is 6.13. The molecule has 0 aliphatic carbocycles. The lowest BCUT2D eigenvalue weighted by Crippen LogP contribution is -1.84. The average Bonchev–Trinajstić information content (AvgIpc) is 2.57. The van der Waals surface area contributed by atoms with Crippen LogP contribution < -0.4 is 0 Å². The number of aromatic nitrogens is 2. The fourth-order valence-electron chi connectivity index (χ4n) is 1.29. The van der Waals surface area contributed by atoms with Gasteiger partial charge in [0.15, 0.2) is 0 Å². The Balaban J connectivity index is 2.86. The fraction of sp³-hybridized carbons (Fsp3) is 0.125. The lowest BCUT2D eigenvalue weighted by Gasteiger charge is -2.03. The number of halogens is 3. The van der Waals surface area contributed by atoms with Gasteiger partial charge in [-0.2, -0.15) is 5.10 Å². The van der Waals surface area contributed by atoms with Crippen molar-refractivity contribution in [1.29, 1.82) is 0 Å². The molecule has 14 heavy (non-hydrogen) atoms. The Kier molecular flexibility index (Phi) is 3.37. The van der Waals surface area contributed by atoms with E-state index < -0.39 is 0 Å². The number of benzene rings is 1. The summed E-state index contributed by atoms with van der Waals surface area (Å²) in [6, 6.07) is 2.07. The summed E-state index contributed by atoms with van der Waals surface area (Å²) in [6.45, 7) is 2.00. The van der Waals surface area contributed by atoms with Gasteiger partial charge in [0.2, 0.25) is 0 Å². The lowest BCUT2D eigenvalue weighted by molar-refractivity contribution is 1.04. The third-order valence-electron chi connectivity index (χ3n) is 2.02. The Morgan fingerprint density at radius 3 is 3.00 bits per heavy atom. The van der Waals surface area contributed by atoms with E-state index in [2.05, 4.69) is 49.1 Å². The quantitative estimate of drug-likeness (QED) is 0.505. The molecular formula is C8H6BrClIN2P. The zero-order valence-corrected chi connectivity index (χ0v) is 12.7. The molecule has 0 spiro atoms.